The van der Waals surface area contributed by atoms with Crippen molar-refractivity contribution in [3.05, 3.63) is 22.4 Å². The summed E-state index contributed by atoms with van der Waals surface area (Å²) in [5, 5.41) is 5.33. The quantitative estimate of drug-likeness (QED) is 0.550. The van der Waals surface area contributed by atoms with Gasteiger partial charge in [0.1, 0.15) is 0 Å². The first-order chi connectivity index (χ1) is 10.3. The monoisotopic (exact) mass is 305 g/mol. The van der Waals surface area contributed by atoms with Gasteiger partial charge in [0, 0.05) is 24.5 Å². The van der Waals surface area contributed by atoms with Crippen LogP contribution in [0.4, 0.5) is 17.8 Å². The van der Waals surface area contributed by atoms with Crippen LogP contribution in [0.25, 0.3) is 0 Å². The summed E-state index contributed by atoms with van der Waals surface area (Å²) in [5.41, 5.74) is 2.51. The van der Waals surface area contributed by atoms with Crippen molar-refractivity contribution in [2.24, 2.45) is 5.84 Å². The molecule has 7 nitrogen and oxygen atoms in total. The van der Waals surface area contributed by atoms with E-state index in [0.29, 0.717) is 17.8 Å². The third-order valence-electron chi connectivity index (χ3n) is 3.38. The largest absolute Gasteiger partial charge is 0.354 e. The fourth-order valence-corrected chi connectivity index (χ4v) is 3.03. The lowest BCUT2D eigenvalue weighted by atomic mass is 10.3. The van der Waals surface area contributed by atoms with Crippen LogP contribution in [-0.2, 0) is 6.42 Å². The van der Waals surface area contributed by atoms with Crippen LogP contribution in [0.1, 0.15) is 17.7 Å². The summed E-state index contributed by atoms with van der Waals surface area (Å²) in [6.07, 6.45) is 3.31. The van der Waals surface area contributed by atoms with Crippen LogP contribution in [0, 0.1) is 0 Å². The number of aromatic nitrogens is 3. The van der Waals surface area contributed by atoms with E-state index >= 15 is 0 Å². The summed E-state index contributed by atoms with van der Waals surface area (Å²) in [4.78, 5) is 16.6. The fourth-order valence-electron chi connectivity index (χ4n) is 2.32. The van der Waals surface area contributed by atoms with Gasteiger partial charge in [-0.25, -0.2) is 5.84 Å². The van der Waals surface area contributed by atoms with Crippen molar-refractivity contribution in [2.45, 2.75) is 19.3 Å². The molecule has 0 spiro atoms. The summed E-state index contributed by atoms with van der Waals surface area (Å²) in [6.45, 7) is 2.76. The number of nitrogens with two attached hydrogens (primary N) is 1. The number of rotatable bonds is 6. The molecule has 3 rings (SSSR count). The maximum absolute atomic E-state index is 5.44. The minimum absolute atomic E-state index is 0.394. The van der Waals surface area contributed by atoms with Crippen molar-refractivity contribution in [3.8, 4) is 0 Å². The Hall–Kier alpha value is -1.93. The van der Waals surface area contributed by atoms with Crippen LogP contribution >= 0.6 is 11.3 Å². The highest BCUT2D eigenvalue weighted by atomic mass is 32.1. The molecule has 2 aromatic rings. The van der Waals surface area contributed by atoms with Crippen molar-refractivity contribution in [2.75, 3.05) is 35.3 Å². The van der Waals surface area contributed by atoms with Gasteiger partial charge in [-0.1, -0.05) is 6.07 Å². The van der Waals surface area contributed by atoms with E-state index < -0.39 is 0 Å². The molecule has 0 unspecified atom stereocenters. The molecule has 21 heavy (non-hydrogen) atoms. The highest BCUT2D eigenvalue weighted by Crippen LogP contribution is 2.18. The summed E-state index contributed by atoms with van der Waals surface area (Å²) in [7, 11) is 0. The highest BCUT2D eigenvalue weighted by molar-refractivity contribution is 7.09. The summed E-state index contributed by atoms with van der Waals surface area (Å²) >= 11 is 1.76. The normalized spacial score (nSPS) is 14.4. The molecule has 0 amide bonds. The third-order valence-corrected chi connectivity index (χ3v) is 4.31. The molecule has 0 atom stereocenters. The first-order valence-corrected chi connectivity index (χ1v) is 7.97. The molecule has 0 aromatic carbocycles. The molecule has 2 aromatic heterocycles. The van der Waals surface area contributed by atoms with E-state index in [1.165, 1.54) is 17.7 Å². The van der Waals surface area contributed by atoms with E-state index in [1.54, 1.807) is 11.3 Å². The van der Waals surface area contributed by atoms with Crippen LogP contribution in [0.2, 0.25) is 0 Å². The van der Waals surface area contributed by atoms with Crippen LogP contribution in [0.15, 0.2) is 17.5 Å². The standard InChI is InChI=1S/C13H19N7S/c14-19-12-16-11(15-6-5-10-4-3-9-21-10)17-13(18-12)20-7-1-2-8-20/h3-4,9H,1-2,5-8,14H2,(H2,15,16,17,18,19). The number of hydrazine groups is 1. The van der Waals surface area contributed by atoms with Crippen molar-refractivity contribution in [1.29, 1.82) is 0 Å². The predicted octanol–water partition coefficient (Wildman–Crippen LogP) is 1.47. The predicted molar refractivity (Wildman–Crippen MR) is 85.6 cm³/mol. The van der Waals surface area contributed by atoms with E-state index in [2.05, 4.69) is 48.1 Å². The third kappa shape index (κ3) is 3.59. The molecule has 112 valence electrons. The Balaban J connectivity index is 1.66. The second-order valence-corrected chi connectivity index (χ2v) is 5.91. The SMILES string of the molecule is NNc1nc(NCCc2cccs2)nc(N2CCCC2)n1. The van der Waals surface area contributed by atoms with Gasteiger partial charge in [-0.15, -0.1) is 11.3 Å². The highest BCUT2D eigenvalue weighted by Gasteiger charge is 2.17. The Morgan fingerprint density at radius 2 is 2.00 bits per heavy atom. The molecule has 0 saturated carbocycles. The molecule has 0 radical (unpaired) electrons. The topological polar surface area (TPSA) is 92.0 Å². The fraction of sp³-hybridized carbons (Fsp3) is 0.462. The number of nitrogen functional groups attached to an aromatic ring is 1. The van der Waals surface area contributed by atoms with Gasteiger partial charge in [0.2, 0.25) is 17.8 Å². The van der Waals surface area contributed by atoms with Crippen LogP contribution in [-0.4, -0.2) is 34.6 Å². The van der Waals surface area contributed by atoms with Crippen molar-refractivity contribution in [3.63, 3.8) is 0 Å². The molecule has 8 heteroatoms. The van der Waals surface area contributed by atoms with Gasteiger partial charge in [0.25, 0.3) is 0 Å². The van der Waals surface area contributed by atoms with Crippen LogP contribution in [0.5, 0.6) is 0 Å². The van der Waals surface area contributed by atoms with Gasteiger partial charge < -0.3 is 10.2 Å². The van der Waals surface area contributed by atoms with Crippen LogP contribution < -0.4 is 21.5 Å². The minimum Gasteiger partial charge on any atom is -0.354 e. The lowest BCUT2D eigenvalue weighted by Crippen LogP contribution is -2.23. The maximum Gasteiger partial charge on any atom is 0.243 e. The lowest BCUT2D eigenvalue weighted by Gasteiger charge is -2.16. The summed E-state index contributed by atoms with van der Waals surface area (Å²) in [6, 6.07) is 4.19. The summed E-state index contributed by atoms with van der Waals surface area (Å²) < 4.78 is 0. The second kappa shape index (κ2) is 6.68. The molecule has 1 fully saturated rings. The zero-order valence-corrected chi connectivity index (χ0v) is 12.6. The smallest absolute Gasteiger partial charge is 0.243 e. The van der Waals surface area contributed by atoms with Crippen molar-refractivity contribution >= 4 is 29.2 Å². The number of nitrogens with zero attached hydrogens (tertiary/aromatic N) is 4. The van der Waals surface area contributed by atoms with E-state index in [1.807, 2.05) is 0 Å². The van der Waals surface area contributed by atoms with Crippen molar-refractivity contribution < 1.29 is 0 Å². The van der Waals surface area contributed by atoms with Crippen molar-refractivity contribution in [1.82, 2.24) is 15.0 Å². The molecular weight excluding hydrogens is 286 g/mol. The van der Waals surface area contributed by atoms with Gasteiger partial charge in [-0.05, 0) is 30.7 Å². The first-order valence-electron chi connectivity index (χ1n) is 7.09. The molecule has 1 aliphatic rings. The van der Waals surface area contributed by atoms with Crippen LogP contribution in [0.3, 0.4) is 0 Å². The van der Waals surface area contributed by atoms with E-state index in [0.717, 1.165) is 26.1 Å². The molecule has 4 N–H and O–H groups in total. The number of hydrogen-bond donors (Lipinski definition) is 3. The zero-order valence-electron chi connectivity index (χ0n) is 11.7. The second-order valence-electron chi connectivity index (χ2n) is 4.88. The van der Waals surface area contributed by atoms with E-state index in [4.69, 9.17) is 5.84 Å². The molecular formula is C13H19N7S. The minimum atomic E-state index is 0.394. The molecule has 0 aliphatic carbocycles. The first kappa shape index (κ1) is 14.0. The average Bonchev–Trinajstić information content (AvgIpc) is 3.20. The van der Waals surface area contributed by atoms with Gasteiger partial charge in [-0.3, -0.25) is 5.43 Å². The zero-order chi connectivity index (χ0) is 14.5. The maximum atomic E-state index is 5.44. The van der Waals surface area contributed by atoms with Gasteiger partial charge >= 0.3 is 0 Å². The van der Waals surface area contributed by atoms with Gasteiger partial charge in [-0.2, -0.15) is 15.0 Å². The molecule has 0 bridgehead atoms. The molecule has 1 saturated heterocycles. The Labute approximate surface area is 127 Å². The van der Waals surface area contributed by atoms with Gasteiger partial charge in [0.05, 0.1) is 0 Å². The lowest BCUT2D eigenvalue weighted by molar-refractivity contribution is 0.874. The molecule has 1 aliphatic heterocycles. The number of anilines is 3. The number of hydrogen-bond acceptors (Lipinski definition) is 8. The van der Waals surface area contributed by atoms with E-state index in [-0.39, 0.29) is 0 Å². The van der Waals surface area contributed by atoms with Gasteiger partial charge in [0.15, 0.2) is 0 Å². The number of nitrogens with one attached hydrogen (secondary N) is 2. The number of thiophene rings is 1. The Bertz CT molecular complexity index is 566. The Morgan fingerprint density at radius 3 is 2.71 bits per heavy atom. The molecule has 3 heterocycles. The summed E-state index contributed by atoms with van der Waals surface area (Å²) in [5.74, 6) is 7.09. The Morgan fingerprint density at radius 1 is 1.19 bits per heavy atom. The Kier molecular flexibility index (Phi) is 4.46. The average molecular weight is 305 g/mol. The van der Waals surface area contributed by atoms with E-state index in [9.17, 15) is 0 Å².